The Labute approximate surface area is 186 Å². The Hall–Kier alpha value is -2.92. The van der Waals surface area contributed by atoms with E-state index in [9.17, 15) is 9.59 Å². The number of nitriles is 1. The van der Waals surface area contributed by atoms with Crippen LogP contribution in [-0.4, -0.2) is 29.7 Å². The molecule has 0 radical (unpaired) electrons. The molecule has 1 aliphatic carbocycles. The van der Waals surface area contributed by atoms with Gasteiger partial charge in [-0.2, -0.15) is 5.26 Å². The molecule has 3 rings (SSSR count). The minimum Gasteiger partial charge on any atom is -0.458 e. The van der Waals surface area contributed by atoms with Crippen molar-refractivity contribution in [3.63, 3.8) is 0 Å². The molecule has 0 spiro atoms. The van der Waals surface area contributed by atoms with Gasteiger partial charge in [-0.15, -0.1) is 11.3 Å². The minimum atomic E-state index is -0.609. The highest BCUT2D eigenvalue weighted by molar-refractivity contribution is 7.17. The van der Waals surface area contributed by atoms with Crippen LogP contribution in [0.25, 0.3) is 10.4 Å². The topological polar surface area (TPSA) is 101 Å². The lowest BCUT2D eigenvalue weighted by atomic mass is 9.98. The van der Waals surface area contributed by atoms with Crippen LogP contribution in [-0.2, 0) is 4.74 Å². The average molecular weight is 442 g/mol. The Balaban J connectivity index is 1.66. The molecule has 2 aromatic rings. The van der Waals surface area contributed by atoms with Crippen LogP contribution < -0.4 is 10.1 Å². The fourth-order valence-corrected chi connectivity index (χ4v) is 4.42. The third-order valence-corrected chi connectivity index (χ3v) is 6.24. The lowest BCUT2D eigenvalue weighted by molar-refractivity contribution is 0.0214. The second-order valence-electron chi connectivity index (χ2n) is 7.50. The molecule has 2 heterocycles. The first kappa shape index (κ1) is 22.8. The number of aromatic nitrogens is 1. The molecule has 164 valence electrons. The van der Waals surface area contributed by atoms with E-state index in [4.69, 9.17) is 14.7 Å². The number of amides is 1. The van der Waals surface area contributed by atoms with E-state index in [-0.39, 0.29) is 16.7 Å². The fraction of sp³-hybridized carbons (Fsp3) is 0.478. The third-order valence-electron chi connectivity index (χ3n) is 5.09. The molecule has 1 fully saturated rings. The van der Waals surface area contributed by atoms with E-state index in [2.05, 4.69) is 16.4 Å². The van der Waals surface area contributed by atoms with Gasteiger partial charge in [-0.05, 0) is 44.6 Å². The van der Waals surface area contributed by atoms with Gasteiger partial charge >= 0.3 is 12.1 Å². The normalized spacial score (nSPS) is 13.9. The largest absolute Gasteiger partial charge is 0.458 e. The van der Waals surface area contributed by atoms with Crippen LogP contribution >= 0.6 is 11.3 Å². The molecule has 0 aromatic carbocycles. The van der Waals surface area contributed by atoms with Crippen LogP contribution in [0.3, 0.4) is 0 Å². The Morgan fingerprint density at radius 2 is 2.06 bits per heavy atom. The summed E-state index contributed by atoms with van der Waals surface area (Å²) in [5.41, 5.74) is 0.840. The summed E-state index contributed by atoms with van der Waals surface area (Å²) in [7, 11) is 0. The second-order valence-corrected chi connectivity index (χ2v) is 8.55. The first-order valence-corrected chi connectivity index (χ1v) is 11.6. The van der Waals surface area contributed by atoms with Crippen LogP contribution in [0.5, 0.6) is 5.75 Å². The summed E-state index contributed by atoms with van der Waals surface area (Å²) in [6.45, 7) is 0.450. The molecule has 1 amide bonds. The number of carbonyl (C=O) groups excluding carboxylic acids is 2. The lowest BCUT2D eigenvalue weighted by Crippen LogP contribution is -2.28. The summed E-state index contributed by atoms with van der Waals surface area (Å²) in [5.74, 6) is -0.252. The van der Waals surface area contributed by atoms with Crippen LogP contribution in [0, 0.1) is 11.3 Å². The zero-order valence-corrected chi connectivity index (χ0v) is 18.3. The molecule has 7 nitrogen and oxygen atoms in total. The van der Waals surface area contributed by atoms with E-state index < -0.39 is 12.1 Å². The first-order chi connectivity index (χ1) is 15.2. The van der Waals surface area contributed by atoms with E-state index >= 15 is 0 Å². The quantitative estimate of drug-likeness (QED) is 0.409. The van der Waals surface area contributed by atoms with Crippen molar-refractivity contribution in [2.45, 2.75) is 63.9 Å². The highest BCUT2D eigenvalue weighted by atomic mass is 32.1. The van der Waals surface area contributed by atoms with Crippen LogP contribution in [0.15, 0.2) is 30.6 Å². The molecule has 31 heavy (non-hydrogen) atoms. The number of carbonyl (C=O) groups is 2. The van der Waals surface area contributed by atoms with Gasteiger partial charge in [0.15, 0.2) is 10.6 Å². The molecule has 1 N–H and O–H groups in total. The van der Waals surface area contributed by atoms with Crippen LogP contribution in [0.2, 0.25) is 0 Å². The average Bonchev–Trinajstić information content (AvgIpc) is 3.21. The highest BCUT2D eigenvalue weighted by Gasteiger charge is 2.25. The second kappa shape index (κ2) is 12.1. The van der Waals surface area contributed by atoms with E-state index in [1.807, 2.05) is 12.1 Å². The SMILES string of the molecule is N#CCCCCCNC(=O)Oc1cc(-c2cccnc2)sc1C(=O)OC1CCCCC1. The molecule has 0 saturated heterocycles. The van der Waals surface area contributed by atoms with Gasteiger partial charge in [-0.1, -0.05) is 18.9 Å². The molecule has 0 unspecified atom stereocenters. The molecule has 0 bridgehead atoms. The van der Waals surface area contributed by atoms with Crippen molar-refractivity contribution in [3.8, 4) is 22.3 Å². The summed E-state index contributed by atoms with van der Waals surface area (Å²) in [6.07, 6.45) is 10.7. The van der Waals surface area contributed by atoms with Gasteiger partial charge in [0.2, 0.25) is 0 Å². The lowest BCUT2D eigenvalue weighted by Gasteiger charge is -2.21. The zero-order valence-electron chi connectivity index (χ0n) is 17.5. The Morgan fingerprint density at radius 3 is 2.81 bits per heavy atom. The summed E-state index contributed by atoms with van der Waals surface area (Å²) in [4.78, 5) is 30.3. The van der Waals surface area contributed by atoms with Gasteiger partial charge in [-0.25, -0.2) is 9.59 Å². The van der Waals surface area contributed by atoms with Crippen LogP contribution in [0.1, 0.15) is 67.5 Å². The maximum atomic E-state index is 12.9. The van der Waals surface area contributed by atoms with Crippen molar-refractivity contribution in [3.05, 3.63) is 35.5 Å². The van der Waals surface area contributed by atoms with E-state index in [1.165, 1.54) is 17.8 Å². The predicted molar refractivity (Wildman–Crippen MR) is 118 cm³/mol. The molecule has 1 saturated carbocycles. The number of nitrogens with one attached hydrogen (secondary N) is 1. The molecule has 0 atom stereocenters. The molecule has 8 heteroatoms. The minimum absolute atomic E-state index is 0.0831. The number of hydrogen-bond acceptors (Lipinski definition) is 7. The summed E-state index contributed by atoms with van der Waals surface area (Å²) >= 11 is 1.24. The highest BCUT2D eigenvalue weighted by Crippen LogP contribution is 2.37. The third kappa shape index (κ3) is 7.07. The van der Waals surface area contributed by atoms with E-state index in [0.717, 1.165) is 55.4 Å². The van der Waals surface area contributed by atoms with E-state index in [1.54, 1.807) is 18.5 Å². The molecular weight excluding hydrogens is 414 g/mol. The summed E-state index contributed by atoms with van der Waals surface area (Å²) in [5, 5.41) is 11.3. The standard InChI is InChI=1S/C23H27N3O4S/c24-12-6-1-2-7-14-26-23(28)30-19-15-20(17-9-8-13-25-16-17)31-21(19)22(27)29-18-10-4-3-5-11-18/h8-9,13,15-16,18H,1-7,10-11,14H2,(H,26,28). The van der Waals surface area contributed by atoms with Gasteiger partial charge < -0.3 is 14.8 Å². The smallest absolute Gasteiger partial charge is 0.412 e. The zero-order chi connectivity index (χ0) is 21.9. The Kier molecular flexibility index (Phi) is 8.85. The monoisotopic (exact) mass is 441 g/mol. The van der Waals surface area contributed by atoms with Crippen molar-refractivity contribution in [1.29, 1.82) is 5.26 Å². The number of thiophene rings is 1. The molecular formula is C23H27N3O4S. The molecule has 1 aliphatic rings. The van der Waals surface area contributed by atoms with Gasteiger partial charge in [-0.3, -0.25) is 4.98 Å². The number of ether oxygens (including phenoxy) is 2. The first-order valence-electron chi connectivity index (χ1n) is 10.7. The maximum absolute atomic E-state index is 12.9. The number of hydrogen-bond donors (Lipinski definition) is 1. The van der Waals surface area contributed by atoms with Crippen molar-refractivity contribution in [1.82, 2.24) is 10.3 Å². The number of unbranched alkanes of at least 4 members (excludes halogenated alkanes) is 3. The van der Waals surface area contributed by atoms with Crippen molar-refractivity contribution in [2.75, 3.05) is 6.54 Å². The van der Waals surface area contributed by atoms with E-state index in [0.29, 0.717) is 13.0 Å². The Morgan fingerprint density at radius 1 is 1.23 bits per heavy atom. The summed E-state index contributed by atoms with van der Waals surface area (Å²) in [6, 6.07) is 7.49. The van der Waals surface area contributed by atoms with Gasteiger partial charge in [0.25, 0.3) is 0 Å². The maximum Gasteiger partial charge on any atom is 0.412 e. The molecule has 0 aliphatic heterocycles. The van der Waals surface area contributed by atoms with Crippen LogP contribution in [0.4, 0.5) is 4.79 Å². The number of nitrogens with zero attached hydrogens (tertiary/aromatic N) is 2. The van der Waals surface area contributed by atoms with Gasteiger partial charge in [0.05, 0.1) is 6.07 Å². The van der Waals surface area contributed by atoms with Crippen molar-refractivity contribution >= 4 is 23.4 Å². The van der Waals surface area contributed by atoms with Crippen molar-refractivity contribution < 1.29 is 19.1 Å². The number of rotatable bonds is 9. The fourth-order valence-electron chi connectivity index (χ4n) is 3.46. The predicted octanol–water partition coefficient (Wildman–Crippen LogP) is 5.47. The van der Waals surface area contributed by atoms with Crippen molar-refractivity contribution in [2.24, 2.45) is 0 Å². The number of pyridine rings is 1. The summed E-state index contributed by atoms with van der Waals surface area (Å²) < 4.78 is 11.2. The Bertz CT molecular complexity index is 901. The van der Waals surface area contributed by atoms with Gasteiger partial charge in [0, 0.05) is 41.9 Å². The number of esters is 1. The molecule has 2 aromatic heterocycles. The van der Waals surface area contributed by atoms with Gasteiger partial charge in [0.1, 0.15) is 6.10 Å².